The van der Waals surface area contributed by atoms with E-state index in [2.05, 4.69) is 35.2 Å². The maximum Gasteiger partial charge on any atom is 0.165 e. The summed E-state index contributed by atoms with van der Waals surface area (Å²) in [6.07, 6.45) is 0.787. The van der Waals surface area contributed by atoms with Gasteiger partial charge in [0.25, 0.3) is 0 Å². The van der Waals surface area contributed by atoms with Crippen molar-refractivity contribution < 1.29 is 19.0 Å². The summed E-state index contributed by atoms with van der Waals surface area (Å²) in [4.78, 5) is 2.16. The molecule has 0 atom stereocenters. The fourth-order valence-corrected chi connectivity index (χ4v) is 3.76. The number of hydrogen-bond acceptors (Lipinski definition) is 4. The third-order valence-electron chi connectivity index (χ3n) is 5.27. The average Bonchev–Trinajstić information content (AvgIpc) is 2.74. The first-order valence-electron chi connectivity index (χ1n) is 10.2. The van der Waals surface area contributed by atoms with Crippen LogP contribution in [-0.4, -0.2) is 36.4 Å². The molecule has 5 heteroatoms. The molecule has 0 unspecified atom stereocenters. The zero-order valence-corrected chi connectivity index (χ0v) is 16.9. The molecule has 0 fully saturated rings. The molecule has 1 aliphatic heterocycles. The summed E-state index contributed by atoms with van der Waals surface area (Å²) >= 11 is 0. The third-order valence-corrected chi connectivity index (χ3v) is 5.27. The molecule has 0 aliphatic carbocycles. The SMILES string of the molecule is Oc1c(F)cccc1CN1CCOCCOc2ccccc2Cc2cccc(c2)C1. The van der Waals surface area contributed by atoms with Crippen molar-refractivity contribution >= 4 is 0 Å². The van der Waals surface area contributed by atoms with Crippen molar-refractivity contribution in [3.63, 3.8) is 0 Å². The monoisotopic (exact) mass is 407 g/mol. The fourth-order valence-electron chi connectivity index (χ4n) is 3.76. The molecule has 4 rings (SSSR count). The van der Waals surface area contributed by atoms with Gasteiger partial charge in [-0.25, -0.2) is 4.39 Å². The maximum absolute atomic E-state index is 13.8. The molecule has 0 spiro atoms. The van der Waals surface area contributed by atoms with Crippen molar-refractivity contribution in [3.05, 3.63) is 94.8 Å². The maximum atomic E-state index is 13.8. The van der Waals surface area contributed by atoms with E-state index in [-0.39, 0.29) is 5.75 Å². The Bertz CT molecular complexity index is 992. The number of fused-ring (bicyclic) bond motifs is 3. The Morgan fingerprint density at radius 2 is 1.73 bits per heavy atom. The van der Waals surface area contributed by atoms with Gasteiger partial charge in [-0.05, 0) is 28.8 Å². The van der Waals surface area contributed by atoms with E-state index in [9.17, 15) is 9.50 Å². The van der Waals surface area contributed by atoms with Gasteiger partial charge in [0, 0.05) is 31.6 Å². The first-order valence-corrected chi connectivity index (χ1v) is 10.2. The Balaban J connectivity index is 1.58. The molecule has 1 aliphatic rings. The van der Waals surface area contributed by atoms with Crippen LogP contribution in [0.5, 0.6) is 11.5 Å². The predicted molar refractivity (Wildman–Crippen MR) is 114 cm³/mol. The van der Waals surface area contributed by atoms with E-state index >= 15 is 0 Å². The molecule has 0 aromatic heterocycles. The van der Waals surface area contributed by atoms with Gasteiger partial charge >= 0.3 is 0 Å². The lowest BCUT2D eigenvalue weighted by molar-refractivity contribution is 0.0755. The molecule has 30 heavy (non-hydrogen) atoms. The zero-order chi connectivity index (χ0) is 20.8. The van der Waals surface area contributed by atoms with Crippen molar-refractivity contribution in [2.24, 2.45) is 0 Å². The van der Waals surface area contributed by atoms with Crippen LogP contribution in [0.2, 0.25) is 0 Å². The molecule has 4 nitrogen and oxygen atoms in total. The van der Waals surface area contributed by atoms with E-state index < -0.39 is 5.82 Å². The van der Waals surface area contributed by atoms with Gasteiger partial charge in [0.2, 0.25) is 0 Å². The van der Waals surface area contributed by atoms with Gasteiger partial charge in [-0.1, -0.05) is 54.6 Å². The highest BCUT2D eigenvalue weighted by molar-refractivity contribution is 5.38. The second kappa shape index (κ2) is 9.74. The van der Waals surface area contributed by atoms with Crippen molar-refractivity contribution in [2.45, 2.75) is 19.5 Å². The van der Waals surface area contributed by atoms with Crippen LogP contribution in [0.15, 0.2) is 66.7 Å². The van der Waals surface area contributed by atoms with Crippen LogP contribution < -0.4 is 4.74 Å². The third kappa shape index (κ3) is 5.17. The summed E-state index contributed by atoms with van der Waals surface area (Å²) in [7, 11) is 0. The van der Waals surface area contributed by atoms with Gasteiger partial charge in [0.15, 0.2) is 11.6 Å². The van der Waals surface area contributed by atoms with E-state index in [4.69, 9.17) is 9.47 Å². The summed E-state index contributed by atoms with van der Waals surface area (Å²) in [5.41, 5.74) is 4.10. The lowest BCUT2D eigenvalue weighted by Crippen LogP contribution is -2.27. The largest absolute Gasteiger partial charge is 0.505 e. The zero-order valence-electron chi connectivity index (χ0n) is 16.9. The first kappa shape index (κ1) is 20.4. The van der Waals surface area contributed by atoms with Crippen molar-refractivity contribution in [2.75, 3.05) is 26.4 Å². The van der Waals surface area contributed by atoms with Crippen molar-refractivity contribution in [1.29, 1.82) is 0 Å². The number of benzene rings is 3. The second-order valence-electron chi connectivity index (χ2n) is 7.52. The Morgan fingerprint density at radius 3 is 2.67 bits per heavy atom. The number of hydrogen-bond donors (Lipinski definition) is 1. The molecule has 3 aromatic carbocycles. The Labute approximate surface area is 176 Å². The molecule has 2 bridgehead atoms. The topological polar surface area (TPSA) is 41.9 Å². The van der Waals surface area contributed by atoms with Crippen LogP contribution in [0.25, 0.3) is 0 Å². The van der Waals surface area contributed by atoms with Gasteiger partial charge in [-0.15, -0.1) is 0 Å². The van der Waals surface area contributed by atoms with Crippen LogP contribution in [0.1, 0.15) is 22.3 Å². The average molecular weight is 407 g/mol. The first-order chi connectivity index (χ1) is 14.7. The van der Waals surface area contributed by atoms with Crippen LogP contribution >= 0.6 is 0 Å². The van der Waals surface area contributed by atoms with E-state index in [1.807, 2.05) is 18.2 Å². The number of para-hydroxylation sites is 2. The molecule has 0 radical (unpaired) electrons. The number of ether oxygens (including phenoxy) is 2. The van der Waals surface area contributed by atoms with Crippen LogP contribution in [0, 0.1) is 5.82 Å². The Hall–Kier alpha value is -2.89. The van der Waals surface area contributed by atoms with Gasteiger partial charge in [0.05, 0.1) is 13.2 Å². The van der Waals surface area contributed by atoms with Crippen LogP contribution in [-0.2, 0) is 24.2 Å². The van der Waals surface area contributed by atoms with Gasteiger partial charge in [-0.2, -0.15) is 0 Å². The Kier molecular flexibility index (Phi) is 6.62. The molecule has 1 heterocycles. The van der Waals surface area contributed by atoms with E-state index in [0.29, 0.717) is 45.0 Å². The van der Waals surface area contributed by atoms with Gasteiger partial charge in [0.1, 0.15) is 12.4 Å². The van der Waals surface area contributed by atoms with E-state index in [0.717, 1.165) is 17.7 Å². The lowest BCUT2D eigenvalue weighted by Gasteiger charge is -2.24. The molecular formula is C25H26FNO3. The molecule has 1 N–H and O–H groups in total. The number of rotatable bonds is 2. The molecule has 0 saturated carbocycles. The van der Waals surface area contributed by atoms with Gasteiger partial charge in [-0.3, -0.25) is 4.90 Å². The number of phenolic OH excluding ortho intramolecular Hbond substituents is 1. The van der Waals surface area contributed by atoms with Gasteiger partial charge < -0.3 is 14.6 Å². The van der Waals surface area contributed by atoms with Crippen molar-refractivity contribution in [3.8, 4) is 11.5 Å². The number of nitrogens with zero attached hydrogens (tertiary/aromatic N) is 1. The van der Waals surface area contributed by atoms with Crippen LogP contribution in [0.4, 0.5) is 4.39 Å². The quantitative estimate of drug-likeness (QED) is 0.678. The molecule has 3 aromatic rings. The minimum absolute atomic E-state index is 0.281. The smallest absolute Gasteiger partial charge is 0.165 e. The lowest BCUT2D eigenvalue weighted by atomic mass is 10.0. The molecule has 0 saturated heterocycles. The molecular weight excluding hydrogens is 381 g/mol. The predicted octanol–water partition coefficient (Wildman–Crippen LogP) is 4.53. The fraction of sp³-hybridized carbons (Fsp3) is 0.280. The highest BCUT2D eigenvalue weighted by Gasteiger charge is 2.14. The minimum atomic E-state index is -0.594. The normalized spacial score (nSPS) is 15.6. The Morgan fingerprint density at radius 1 is 0.900 bits per heavy atom. The summed E-state index contributed by atoms with van der Waals surface area (Å²) in [5, 5.41) is 10.1. The summed E-state index contributed by atoms with van der Waals surface area (Å²) in [6, 6.07) is 21.2. The highest BCUT2D eigenvalue weighted by atomic mass is 19.1. The standard InChI is InChI=1S/C25H26FNO3/c26-23-9-4-8-22(25(23)28)18-27-11-12-29-13-14-30-24-10-2-1-7-21(24)16-19-5-3-6-20(15-19)17-27/h1-10,15,28H,11-14,16-18H2. The van der Waals surface area contributed by atoms with Crippen molar-refractivity contribution in [1.82, 2.24) is 4.90 Å². The summed E-state index contributed by atoms with van der Waals surface area (Å²) in [5.74, 6) is 0.0204. The molecule has 0 amide bonds. The summed E-state index contributed by atoms with van der Waals surface area (Å²) in [6.45, 7) is 3.31. The summed E-state index contributed by atoms with van der Waals surface area (Å²) < 4.78 is 25.5. The van der Waals surface area contributed by atoms with Crippen LogP contribution in [0.3, 0.4) is 0 Å². The van der Waals surface area contributed by atoms with E-state index in [1.165, 1.54) is 17.2 Å². The number of aromatic hydroxyl groups is 1. The number of phenols is 1. The number of halogens is 1. The second-order valence-corrected chi connectivity index (χ2v) is 7.52. The van der Waals surface area contributed by atoms with E-state index in [1.54, 1.807) is 12.1 Å². The highest BCUT2D eigenvalue weighted by Crippen LogP contribution is 2.25. The minimum Gasteiger partial charge on any atom is -0.505 e. The molecule has 156 valence electrons.